The van der Waals surface area contributed by atoms with Crippen molar-refractivity contribution in [3.63, 3.8) is 0 Å². The average molecular weight is 290 g/mol. The summed E-state index contributed by atoms with van der Waals surface area (Å²) in [6.07, 6.45) is 5.63. The fourth-order valence-electron chi connectivity index (χ4n) is 3.88. The Morgan fingerprint density at radius 1 is 1.33 bits per heavy atom. The first-order valence-electron chi connectivity index (χ1n) is 8.00. The highest BCUT2D eigenvalue weighted by molar-refractivity contribution is 5.81. The normalized spacial score (nSPS) is 29.9. The fourth-order valence-corrected chi connectivity index (χ4v) is 3.88. The fraction of sp³-hybridized carbons (Fsp3) is 0.588. The molecule has 2 aliphatic rings. The van der Waals surface area contributed by atoms with Crippen molar-refractivity contribution in [2.45, 2.75) is 51.2 Å². The van der Waals surface area contributed by atoms with Gasteiger partial charge in [-0.2, -0.15) is 0 Å². The van der Waals surface area contributed by atoms with Crippen LogP contribution in [0.1, 0.15) is 50.8 Å². The van der Waals surface area contributed by atoms with Gasteiger partial charge in [-0.15, -0.1) is 0 Å². The van der Waals surface area contributed by atoms with E-state index in [-0.39, 0.29) is 17.9 Å². The van der Waals surface area contributed by atoms with Gasteiger partial charge in [-0.3, -0.25) is 10.1 Å². The summed E-state index contributed by atoms with van der Waals surface area (Å²) >= 11 is 0. The molecule has 0 spiro atoms. The molecule has 1 amide bonds. The summed E-state index contributed by atoms with van der Waals surface area (Å²) in [7, 11) is 0. The first kappa shape index (κ1) is 14.5. The Labute approximate surface area is 125 Å². The molecule has 0 bridgehead atoms. The maximum Gasteiger partial charge on any atom is 0.238 e. The highest BCUT2D eigenvalue weighted by atomic mass is 19.1. The molecule has 3 atom stereocenters. The maximum atomic E-state index is 13.5. The van der Waals surface area contributed by atoms with E-state index < -0.39 is 0 Å². The lowest BCUT2D eigenvalue weighted by atomic mass is 9.81. The number of nitrogens with one attached hydrogen (secondary N) is 1. The van der Waals surface area contributed by atoms with Crippen LogP contribution in [0, 0.1) is 11.7 Å². The Bertz CT molecular complexity index is 519. The third-order valence-electron chi connectivity index (χ3n) is 4.93. The largest absolute Gasteiger partial charge is 0.319 e. The Morgan fingerprint density at radius 2 is 2.14 bits per heavy atom. The number of hydrogen-bond acceptors (Lipinski definition) is 2. The van der Waals surface area contributed by atoms with Crippen molar-refractivity contribution >= 4 is 5.91 Å². The second-order valence-electron chi connectivity index (χ2n) is 6.16. The summed E-state index contributed by atoms with van der Waals surface area (Å²) in [6, 6.07) is 6.88. The van der Waals surface area contributed by atoms with E-state index in [1.54, 1.807) is 6.07 Å². The van der Waals surface area contributed by atoms with Crippen LogP contribution in [0.3, 0.4) is 0 Å². The molecule has 21 heavy (non-hydrogen) atoms. The van der Waals surface area contributed by atoms with E-state index in [0.717, 1.165) is 18.4 Å². The summed E-state index contributed by atoms with van der Waals surface area (Å²) < 4.78 is 13.5. The minimum Gasteiger partial charge on any atom is -0.319 e. The van der Waals surface area contributed by atoms with Crippen molar-refractivity contribution in [2.24, 2.45) is 5.92 Å². The third-order valence-corrected chi connectivity index (χ3v) is 4.93. The number of amides is 1. The number of carbonyl (C=O) groups excluding carboxylic acids is 1. The molecule has 2 fully saturated rings. The Hall–Kier alpha value is -1.42. The topological polar surface area (TPSA) is 32.3 Å². The summed E-state index contributed by atoms with van der Waals surface area (Å²) in [5.41, 5.74) is 0.848. The number of benzene rings is 1. The monoisotopic (exact) mass is 290 g/mol. The predicted molar refractivity (Wildman–Crippen MR) is 80.0 cm³/mol. The highest BCUT2D eigenvalue weighted by Crippen LogP contribution is 2.36. The second kappa shape index (κ2) is 6.14. The van der Waals surface area contributed by atoms with Crippen LogP contribution in [0.25, 0.3) is 0 Å². The van der Waals surface area contributed by atoms with Gasteiger partial charge in [0, 0.05) is 6.04 Å². The molecule has 3 unspecified atom stereocenters. The summed E-state index contributed by atoms with van der Waals surface area (Å²) in [4.78, 5) is 14.4. The van der Waals surface area contributed by atoms with Gasteiger partial charge in [0.2, 0.25) is 5.91 Å². The smallest absolute Gasteiger partial charge is 0.238 e. The van der Waals surface area contributed by atoms with Gasteiger partial charge in [0.25, 0.3) is 0 Å². The molecule has 1 saturated heterocycles. The van der Waals surface area contributed by atoms with Gasteiger partial charge in [-0.1, -0.05) is 38.3 Å². The molecule has 0 radical (unpaired) electrons. The van der Waals surface area contributed by atoms with Crippen molar-refractivity contribution < 1.29 is 9.18 Å². The van der Waals surface area contributed by atoms with E-state index in [2.05, 4.69) is 12.2 Å². The highest BCUT2D eigenvalue weighted by Gasteiger charge is 2.40. The van der Waals surface area contributed by atoms with Crippen LogP contribution >= 0.6 is 0 Å². The molecule has 1 heterocycles. The minimum absolute atomic E-state index is 0.148. The van der Waals surface area contributed by atoms with Gasteiger partial charge in [-0.25, -0.2) is 4.39 Å². The van der Waals surface area contributed by atoms with E-state index in [1.165, 1.54) is 31.4 Å². The number of nitrogens with zero attached hydrogens (tertiary/aromatic N) is 1. The first-order chi connectivity index (χ1) is 10.2. The molecule has 3 rings (SSSR count). The van der Waals surface area contributed by atoms with Crippen LogP contribution in [0.4, 0.5) is 4.39 Å². The van der Waals surface area contributed by atoms with E-state index in [1.807, 2.05) is 11.0 Å². The Kier molecular flexibility index (Phi) is 4.24. The minimum atomic E-state index is -0.246. The first-order valence-corrected chi connectivity index (χ1v) is 8.00. The van der Waals surface area contributed by atoms with Crippen molar-refractivity contribution in [2.75, 3.05) is 6.54 Å². The van der Waals surface area contributed by atoms with Crippen molar-refractivity contribution in [1.29, 1.82) is 0 Å². The Balaban J connectivity index is 1.88. The van der Waals surface area contributed by atoms with Crippen molar-refractivity contribution in [3.05, 3.63) is 35.6 Å². The molecule has 3 nitrogen and oxygen atoms in total. The van der Waals surface area contributed by atoms with Crippen LogP contribution in [0.15, 0.2) is 24.3 Å². The van der Waals surface area contributed by atoms with Crippen LogP contribution in [-0.4, -0.2) is 23.4 Å². The van der Waals surface area contributed by atoms with Crippen LogP contribution in [0.5, 0.6) is 0 Å². The van der Waals surface area contributed by atoms with Crippen molar-refractivity contribution in [3.8, 4) is 0 Å². The van der Waals surface area contributed by atoms with Crippen LogP contribution in [0.2, 0.25) is 0 Å². The van der Waals surface area contributed by atoms with Crippen molar-refractivity contribution in [1.82, 2.24) is 10.2 Å². The number of rotatable bonds is 3. The van der Waals surface area contributed by atoms with Gasteiger partial charge >= 0.3 is 0 Å². The maximum absolute atomic E-state index is 13.5. The van der Waals surface area contributed by atoms with E-state index in [4.69, 9.17) is 0 Å². The molecular formula is C17H23FN2O. The molecule has 1 aromatic carbocycles. The average Bonchev–Trinajstić information content (AvgIpc) is 2.89. The molecular weight excluding hydrogens is 267 g/mol. The molecule has 1 aliphatic heterocycles. The molecule has 0 aromatic heterocycles. The van der Waals surface area contributed by atoms with E-state index >= 15 is 0 Å². The predicted octanol–water partition coefficient (Wildman–Crippen LogP) is 3.22. The van der Waals surface area contributed by atoms with Crippen LogP contribution in [-0.2, 0) is 4.79 Å². The zero-order valence-electron chi connectivity index (χ0n) is 12.5. The van der Waals surface area contributed by atoms with Gasteiger partial charge in [0.1, 0.15) is 12.0 Å². The molecule has 1 aliphatic carbocycles. The lowest BCUT2D eigenvalue weighted by Crippen LogP contribution is -2.45. The van der Waals surface area contributed by atoms with Gasteiger partial charge in [-0.05, 0) is 36.5 Å². The SMILES string of the molecule is CCC1CCCCC1N1C(=O)CNC1c1cccc(F)c1. The summed E-state index contributed by atoms with van der Waals surface area (Å²) in [6.45, 7) is 2.56. The molecule has 1 N–H and O–H groups in total. The molecule has 1 saturated carbocycles. The van der Waals surface area contributed by atoms with E-state index in [0.29, 0.717) is 18.5 Å². The summed E-state index contributed by atoms with van der Waals surface area (Å²) in [5.74, 6) is 0.470. The number of hydrogen-bond donors (Lipinski definition) is 1. The van der Waals surface area contributed by atoms with Gasteiger partial charge in [0.05, 0.1) is 6.54 Å². The summed E-state index contributed by atoms with van der Waals surface area (Å²) in [5, 5.41) is 3.25. The lowest BCUT2D eigenvalue weighted by Gasteiger charge is -2.40. The molecule has 114 valence electrons. The molecule has 4 heteroatoms. The van der Waals surface area contributed by atoms with E-state index in [9.17, 15) is 9.18 Å². The second-order valence-corrected chi connectivity index (χ2v) is 6.16. The quantitative estimate of drug-likeness (QED) is 0.927. The standard InChI is InChI=1S/C17H23FN2O/c1-2-12-6-3-4-9-15(12)20-16(21)11-19-17(20)13-7-5-8-14(18)10-13/h5,7-8,10,12,15,17,19H,2-4,6,9,11H2,1H3. The number of halogens is 1. The zero-order valence-corrected chi connectivity index (χ0v) is 12.5. The lowest BCUT2D eigenvalue weighted by molar-refractivity contribution is -0.132. The van der Waals surface area contributed by atoms with Gasteiger partial charge < -0.3 is 4.90 Å². The molecule has 1 aromatic rings. The zero-order chi connectivity index (χ0) is 14.8. The number of carbonyl (C=O) groups is 1. The van der Waals surface area contributed by atoms with Crippen LogP contribution < -0.4 is 5.32 Å². The Morgan fingerprint density at radius 3 is 2.90 bits per heavy atom. The third kappa shape index (κ3) is 2.82. The van der Waals surface area contributed by atoms with Gasteiger partial charge in [0.15, 0.2) is 0 Å².